The molecule has 0 bridgehead atoms. The van der Waals surface area contributed by atoms with Crippen molar-refractivity contribution >= 4 is 10.2 Å². The van der Waals surface area contributed by atoms with Crippen LogP contribution in [-0.2, 0) is 23.3 Å². The van der Waals surface area contributed by atoms with Gasteiger partial charge in [-0.15, -0.1) is 10.2 Å². The highest BCUT2D eigenvalue weighted by Gasteiger charge is 2.27. The third-order valence-corrected chi connectivity index (χ3v) is 5.17. The molecule has 9 heteroatoms. The lowest BCUT2D eigenvalue weighted by Crippen LogP contribution is -2.45. The molecule has 0 aliphatic carbocycles. The van der Waals surface area contributed by atoms with Crippen molar-refractivity contribution in [2.24, 2.45) is 5.92 Å². The van der Waals surface area contributed by atoms with E-state index in [-0.39, 0.29) is 19.1 Å². The Morgan fingerprint density at radius 2 is 2.15 bits per heavy atom. The van der Waals surface area contributed by atoms with E-state index < -0.39 is 10.2 Å². The van der Waals surface area contributed by atoms with Gasteiger partial charge in [-0.3, -0.25) is 0 Å². The van der Waals surface area contributed by atoms with Crippen LogP contribution >= 0.6 is 0 Å². The van der Waals surface area contributed by atoms with Crippen molar-refractivity contribution in [1.82, 2.24) is 23.8 Å². The second-order valence-electron chi connectivity index (χ2n) is 4.88. The molecule has 1 aromatic heterocycles. The summed E-state index contributed by atoms with van der Waals surface area (Å²) in [5.74, 6) is 0.811. The summed E-state index contributed by atoms with van der Waals surface area (Å²) in [6.07, 6.45) is 2.97. The van der Waals surface area contributed by atoms with E-state index in [0.717, 1.165) is 0 Å². The van der Waals surface area contributed by atoms with Crippen molar-refractivity contribution in [1.29, 1.82) is 0 Å². The van der Waals surface area contributed by atoms with Gasteiger partial charge in [0.1, 0.15) is 12.2 Å². The van der Waals surface area contributed by atoms with E-state index in [1.54, 1.807) is 10.9 Å². The Labute approximate surface area is 119 Å². The van der Waals surface area contributed by atoms with Gasteiger partial charge in [0.15, 0.2) is 0 Å². The molecule has 2 N–H and O–H groups in total. The van der Waals surface area contributed by atoms with Crippen LogP contribution in [0.1, 0.15) is 25.6 Å². The molecule has 114 valence electrons. The minimum Gasteiger partial charge on any atom is -0.396 e. The normalized spacial score (nSPS) is 18.5. The molecule has 2 heterocycles. The van der Waals surface area contributed by atoms with Crippen molar-refractivity contribution in [2.45, 2.75) is 32.9 Å². The van der Waals surface area contributed by atoms with Crippen molar-refractivity contribution in [3.8, 4) is 0 Å². The molecule has 20 heavy (non-hydrogen) atoms. The quantitative estimate of drug-likeness (QED) is 0.726. The molecule has 0 amide bonds. The van der Waals surface area contributed by atoms with E-state index in [1.165, 1.54) is 4.31 Å². The van der Waals surface area contributed by atoms with E-state index in [2.05, 4.69) is 14.9 Å². The van der Waals surface area contributed by atoms with Crippen LogP contribution < -0.4 is 4.72 Å². The second-order valence-corrected chi connectivity index (χ2v) is 6.64. The molecule has 2 rings (SSSR count). The van der Waals surface area contributed by atoms with Crippen LogP contribution in [0.2, 0.25) is 0 Å². The van der Waals surface area contributed by atoms with Gasteiger partial charge in [-0.2, -0.15) is 17.4 Å². The summed E-state index contributed by atoms with van der Waals surface area (Å²) < 4.78 is 30.1. The van der Waals surface area contributed by atoms with Gasteiger partial charge >= 0.3 is 0 Å². The van der Waals surface area contributed by atoms with Crippen LogP contribution in [0.15, 0.2) is 6.33 Å². The summed E-state index contributed by atoms with van der Waals surface area (Å²) in [4.78, 5) is 0. The number of aryl methyl sites for hydroxylation is 1. The lowest BCUT2D eigenvalue weighted by atomic mass is 10.00. The Bertz CT molecular complexity index is 522. The fourth-order valence-corrected chi connectivity index (χ4v) is 3.44. The molecular formula is C11H21N5O3S. The van der Waals surface area contributed by atoms with Gasteiger partial charge < -0.3 is 9.67 Å². The van der Waals surface area contributed by atoms with Crippen LogP contribution in [0, 0.1) is 5.92 Å². The van der Waals surface area contributed by atoms with Gasteiger partial charge in [-0.05, 0) is 25.7 Å². The van der Waals surface area contributed by atoms with Crippen molar-refractivity contribution in [3.63, 3.8) is 0 Å². The predicted octanol–water partition coefficient (Wildman–Crippen LogP) is -0.663. The monoisotopic (exact) mass is 303 g/mol. The Kier molecular flexibility index (Phi) is 5.08. The third kappa shape index (κ3) is 3.54. The molecule has 1 saturated heterocycles. The highest BCUT2D eigenvalue weighted by Crippen LogP contribution is 2.18. The topological polar surface area (TPSA) is 100 Å². The van der Waals surface area contributed by atoms with Gasteiger partial charge in [0, 0.05) is 26.2 Å². The molecular weight excluding hydrogens is 282 g/mol. The molecule has 0 saturated carbocycles. The largest absolute Gasteiger partial charge is 0.396 e. The molecule has 8 nitrogen and oxygen atoms in total. The number of aromatic nitrogens is 3. The minimum atomic E-state index is -3.50. The van der Waals surface area contributed by atoms with Crippen molar-refractivity contribution in [2.75, 3.05) is 19.7 Å². The third-order valence-electron chi connectivity index (χ3n) is 3.62. The Morgan fingerprint density at radius 3 is 2.75 bits per heavy atom. The number of hydrogen-bond donors (Lipinski definition) is 2. The zero-order chi connectivity index (χ0) is 14.6. The maximum Gasteiger partial charge on any atom is 0.279 e. The molecule has 0 radical (unpaired) electrons. The number of nitrogens with zero attached hydrogens (tertiary/aromatic N) is 4. The van der Waals surface area contributed by atoms with Crippen LogP contribution in [0.25, 0.3) is 0 Å². The Morgan fingerprint density at radius 1 is 1.45 bits per heavy atom. The SMILES string of the molecule is CCn1cnnc1CNS(=O)(=O)N1CCC(CO)CC1. The number of nitrogens with one attached hydrogen (secondary N) is 1. The molecule has 0 aromatic carbocycles. The summed E-state index contributed by atoms with van der Waals surface area (Å²) in [5, 5.41) is 16.7. The molecule has 0 unspecified atom stereocenters. The van der Waals surface area contributed by atoms with Crippen molar-refractivity contribution in [3.05, 3.63) is 12.2 Å². The van der Waals surface area contributed by atoms with Crippen LogP contribution in [-0.4, -0.2) is 52.3 Å². The first kappa shape index (κ1) is 15.4. The van der Waals surface area contributed by atoms with E-state index in [0.29, 0.717) is 38.3 Å². The first-order valence-electron chi connectivity index (χ1n) is 6.79. The van der Waals surface area contributed by atoms with Crippen LogP contribution in [0.5, 0.6) is 0 Å². The first-order valence-corrected chi connectivity index (χ1v) is 8.23. The van der Waals surface area contributed by atoms with Crippen LogP contribution in [0.4, 0.5) is 0 Å². The van der Waals surface area contributed by atoms with E-state index in [9.17, 15) is 8.42 Å². The lowest BCUT2D eigenvalue weighted by molar-refractivity contribution is 0.169. The Balaban J connectivity index is 1.91. The number of piperidine rings is 1. The van der Waals surface area contributed by atoms with Gasteiger partial charge in [-0.25, -0.2) is 0 Å². The molecule has 1 aliphatic heterocycles. The predicted molar refractivity (Wildman–Crippen MR) is 72.8 cm³/mol. The van der Waals surface area contributed by atoms with Gasteiger partial charge in [0.25, 0.3) is 10.2 Å². The van der Waals surface area contributed by atoms with Gasteiger partial charge in [0.05, 0.1) is 6.54 Å². The van der Waals surface area contributed by atoms with E-state index in [4.69, 9.17) is 5.11 Å². The van der Waals surface area contributed by atoms with Crippen molar-refractivity contribution < 1.29 is 13.5 Å². The highest BCUT2D eigenvalue weighted by atomic mass is 32.2. The summed E-state index contributed by atoms with van der Waals surface area (Å²) in [5.41, 5.74) is 0. The second kappa shape index (κ2) is 6.61. The fraction of sp³-hybridized carbons (Fsp3) is 0.818. The summed E-state index contributed by atoms with van der Waals surface area (Å²) in [6, 6.07) is 0. The maximum absolute atomic E-state index is 12.2. The molecule has 1 aliphatic rings. The lowest BCUT2D eigenvalue weighted by Gasteiger charge is -2.30. The molecule has 0 atom stereocenters. The average Bonchev–Trinajstić information content (AvgIpc) is 2.93. The smallest absolute Gasteiger partial charge is 0.279 e. The molecule has 1 aromatic rings. The number of rotatable bonds is 6. The summed E-state index contributed by atoms with van der Waals surface area (Å²) in [7, 11) is -3.50. The zero-order valence-corrected chi connectivity index (χ0v) is 12.4. The highest BCUT2D eigenvalue weighted by molar-refractivity contribution is 7.87. The van der Waals surface area contributed by atoms with Crippen LogP contribution in [0.3, 0.4) is 0 Å². The minimum absolute atomic E-state index is 0.126. The fourth-order valence-electron chi connectivity index (χ4n) is 2.26. The number of aliphatic hydroxyl groups is 1. The number of aliphatic hydroxyl groups excluding tert-OH is 1. The molecule has 0 spiro atoms. The average molecular weight is 303 g/mol. The maximum atomic E-state index is 12.2. The van der Waals surface area contributed by atoms with E-state index >= 15 is 0 Å². The summed E-state index contributed by atoms with van der Waals surface area (Å²) >= 11 is 0. The standard InChI is InChI=1S/C11H21N5O3S/c1-2-15-9-12-14-11(15)7-13-20(18,19)16-5-3-10(8-17)4-6-16/h9-10,13,17H,2-8H2,1H3. The zero-order valence-electron chi connectivity index (χ0n) is 11.6. The van der Waals surface area contributed by atoms with Gasteiger partial charge in [-0.1, -0.05) is 0 Å². The van der Waals surface area contributed by atoms with Gasteiger partial charge in [0.2, 0.25) is 0 Å². The first-order chi connectivity index (χ1) is 9.56. The molecule has 1 fully saturated rings. The summed E-state index contributed by atoms with van der Waals surface area (Å²) in [6.45, 7) is 3.80. The Hall–Kier alpha value is -1.03. The van der Waals surface area contributed by atoms with E-state index in [1.807, 2.05) is 6.92 Å². The number of hydrogen-bond acceptors (Lipinski definition) is 5.